The lowest BCUT2D eigenvalue weighted by molar-refractivity contribution is 0.0944. The number of methoxy groups -OCH3 is 2. The first-order valence-corrected chi connectivity index (χ1v) is 11.8. The van der Waals surface area contributed by atoms with Gasteiger partial charge in [0.15, 0.2) is 5.82 Å². The second-order valence-electron chi connectivity index (χ2n) is 8.14. The van der Waals surface area contributed by atoms with Crippen LogP contribution in [0.15, 0.2) is 48.7 Å². The van der Waals surface area contributed by atoms with Crippen LogP contribution in [0.4, 0.5) is 5.82 Å². The Morgan fingerprint density at radius 2 is 1.68 bits per heavy atom. The predicted molar refractivity (Wildman–Crippen MR) is 134 cm³/mol. The summed E-state index contributed by atoms with van der Waals surface area (Å²) in [5.74, 6) is 2.88. The van der Waals surface area contributed by atoms with E-state index in [1.807, 2.05) is 6.07 Å². The molecule has 0 saturated carbocycles. The molecule has 1 N–H and O–H groups in total. The number of benzene rings is 2. The molecule has 0 spiro atoms. The Morgan fingerprint density at radius 1 is 1.03 bits per heavy atom. The number of hydrogen-bond donors (Lipinski definition) is 1. The first-order chi connectivity index (χ1) is 16.4. The normalized spacial score (nSPS) is 14.1. The van der Waals surface area contributed by atoms with Gasteiger partial charge in [-0.25, -0.2) is 9.97 Å². The van der Waals surface area contributed by atoms with E-state index >= 15 is 0 Å². The molecule has 1 amide bonds. The Morgan fingerprint density at radius 3 is 2.29 bits per heavy atom. The minimum atomic E-state index is -0.139. The number of carbonyl (C=O) groups is 1. The summed E-state index contributed by atoms with van der Waals surface area (Å²) in [6.07, 6.45) is 3.65. The highest BCUT2D eigenvalue weighted by atomic mass is 35.5. The summed E-state index contributed by atoms with van der Waals surface area (Å²) in [4.78, 5) is 24.0. The molecule has 0 radical (unpaired) electrons. The minimum Gasteiger partial charge on any atom is -0.497 e. The number of nitrogens with one attached hydrogen (secondary N) is 1. The average Bonchev–Trinajstić information content (AvgIpc) is 2.86. The van der Waals surface area contributed by atoms with Crippen LogP contribution in [-0.4, -0.2) is 49.7 Å². The Balaban J connectivity index is 1.34. The first kappa shape index (κ1) is 24.1. The summed E-state index contributed by atoms with van der Waals surface area (Å²) in [6.45, 7) is 2.31. The van der Waals surface area contributed by atoms with Crippen molar-refractivity contribution in [3.8, 4) is 22.9 Å². The van der Waals surface area contributed by atoms with Crippen molar-refractivity contribution in [3.63, 3.8) is 0 Å². The van der Waals surface area contributed by atoms with Gasteiger partial charge in [0.1, 0.15) is 17.3 Å². The molecular weight excluding hydrogens is 475 g/mol. The smallest absolute Gasteiger partial charge is 0.251 e. The number of ether oxygens (including phenoxy) is 2. The van der Waals surface area contributed by atoms with Crippen LogP contribution in [-0.2, 0) is 0 Å². The number of aromatic nitrogens is 2. The second-order valence-corrected chi connectivity index (χ2v) is 9.01. The molecule has 1 aromatic heterocycles. The molecule has 1 saturated heterocycles. The monoisotopic (exact) mass is 500 g/mol. The van der Waals surface area contributed by atoms with E-state index < -0.39 is 0 Å². The molecule has 0 unspecified atom stereocenters. The quantitative estimate of drug-likeness (QED) is 0.485. The van der Waals surface area contributed by atoms with Crippen LogP contribution in [0, 0.1) is 5.92 Å². The maximum atomic E-state index is 12.7. The highest BCUT2D eigenvalue weighted by Crippen LogP contribution is 2.28. The van der Waals surface area contributed by atoms with Gasteiger partial charge in [-0.3, -0.25) is 4.79 Å². The van der Waals surface area contributed by atoms with Crippen LogP contribution in [0.2, 0.25) is 10.0 Å². The fourth-order valence-electron chi connectivity index (χ4n) is 3.99. The van der Waals surface area contributed by atoms with Crippen LogP contribution >= 0.6 is 23.2 Å². The Bertz CT molecular complexity index is 1120. The van der Waals surface area contributed by atoms with Crippen LogP contribution in [0.1, 0.15) is 23.2 Å². The molecule has 2 aromatic carbocycles. The van der Waals surface area contributed by atoms with Crippen LogP contribution in [0.5, 0.6) is 11.5 Å². The molecule has 34 heavy (non-hydrogen) atoms. The Hall–Kier alpha value is -3.03. The number of hydrogen-bond acceptors (Lipinski definition) is 6. The molecule has 2 heterocycles. The molecule has 1 aliphatic rings. The van der Waals surface area contributed by atoms with E-state index in [0.29, 0.717) is 45.4 Å². The third kappa shape index (κ3) is 5.90. The van der Waals surface area contributed by atoms with Crippen molar-refractivity contribution in [2.45, 2.75) is 12.8 Å². The van der Waals surface area contributed by atoms with Gasteiger partial charge >= 0.3 is 0 Å². The predicted octanol–water partition coefficient (Wildman–Crippen LogP) is 5.11. The number of carbonyl (C=O) groups excluding carboxylic acids is 1. The van der Waals surface area contributed by atoms with Crippen LogP contribution in [0.3, 0.4) is 0 Å². The van der Waals surface area contributed by atoms with E-state index in [0.717, 1.165) is 37.3 Å². The van der Waals surface area contributed by atoms with Gasteiger partial charge in [0, 0.05) is 53.1 Å². The largest absolute Gasteiger partial charge is 0.497 e. The third-order valence-electron chi connectivity index (χ3n) is 5.87. The van der Waals surface area contributed by atoms with E-state index in [1.165, 1.54) is 0 Å². The van der Waals surface area contributed by atoms with Crippen molar-refractivity contribution < 1.29 is 14.3 Å². The molecule has 0 bridgehead atoms. The molecular formula is C25H26Cl2N4O3. The highest BCUT2D eigenvalue weighted by Gasteiger charge is 2.22. The maximum absolute atomic E-state index is 12.7. The highest BCUT2D eigenvalue weighted by molar-refractivity contribution is 6.35. The maximum Gasteiger partial charge on any atom is 0.251 e. The number of rotatable bonds is 7. The molecule has 1 fully saturated rings. The van der Waals surface area contributed by atoms with Gasteiger partial charge < -0.3 is 19.7 Å². The SMILES string of the molecule is COc1cc(OC)cc(C(=O)NCC2CCN(c3ccnc(-c4cc(Cl)cc(Cl)c4)n3)CC2)c1. The van der Waals surface area contributed by atoms with Crippen molar-refractivity contribution in [1.82, 2.24) is 15.3 Å². The molecule has 0 aliphatic carbocycles. The van der Waals surface area contributed by atoms with Gasteiger partial charge in [0.25, 0.3) is 5.91 Å². The summed E-state index contributed by atoms with van der Waals surface area (Å²) in [6, 6.07) is 12.4. The van der Waals surface area contributed by atoms with Crippen molar-refractivity contribution in [2.24, 2.45) is 5.92 Å². The Kier molecular flexibility index (Phi) is 7.75. The van der Waals surface area contributed by atoms with Gasteiger partial charge in [-0.1, -0.05) is 23.2 Å². The summed E-state index contributed by atoms with van der Waals surface area (Å²) in [5, 5.41) is 4.14. The minimum absolute atomic E-state index is 0.139. The molecule has 1 aliphatic heterocycles. The molecule has 9 heteroatoms. The van der Waals surface area contributed by atoms with E-state index in [4.69, 9.17) is 37.7 Å². The lowest BCUT2D eigenvalue weighted by atomic mass is 9.96. The number of anilines is 1. The van der Waals surface area contributed by atoms with Crippen molar-refractivity contribution >= 4 is 34.9 Å². The van der Waals surface area contributed by atoms with Crippen molar-refractivity contribution in [2.75, 3.05) is 38.8 Å². The van der Waals surface area contributed by atoms with Gasteiger partial charge in [-0.05, 0) is 55.2 Å². The van der Waals surface area contributed by atoms with Gasteiger partial charge in [0.2, 0.25) is 0 Å². The standard InChI is InChI=1S/C25H26Cl2N4O3/c1-33-21-11-18(12-22(14-21)34-2)25(32)29-15-16-4-7-31(8-5-16)23-3-6-28-24(30-23)17-9-19(26)13-20(27)10-17/h3,6,9-14,16H,4-5,7-8,15H2,1-2H3,(H,29,32). The zero-order valence-electron chi connectivity index (χ0n) is 19.1. The molecule has 4 rings (SSSR count). The summed E-state index contributed by atoms with van der Waals surface area (Å²) in [7, 11) is 3.13. The number of nitrogens with zero attached hydrogens (tertiary/aromatic N) is 3. The number of halogens is 2. The number of amides is 1. The summed E-state index contributed by atoms with van der Waals surface area (Å²) in [5.41, 5.74) is 1.30. The average molecular weight is 501 g/mol. The van der Waals surface area contributed by atoms with Crippen molar-refractivity contribution in [1.29, 1.82) is 0 Å². The van der Waals surface area contributed by atoms with Crippen LogP contribution < -0.4 is 19.7 Å². The van der Waals surface area contributed by atoms with Gasteiger partial charge in [0.05, 0.1) is 14.2 Å². The number of piperidine rings is 1. The van der Waals surface area contributed by atoms with E-state index in [1.54, 1.807) is 56.8 Å². The topological polar surface area (TPSA) is 76.6 Å². The molecule has 3 aromatic rings. The van der Waals surface area contributed by atoms with E-state index in [9.17, 15) is 4.79 Å². The third-order valence-corrected chi connectivity index (χ3v) is 6.30. The lowest BCUT2D eigenvalue weighted by Crippen LogP contribution is -2.39. The fourth-order valence-corrected chi connectivity index (χ4v) is 4.52. The lowest BCUT2D eigenvalue weighted by Gasteiger charge is -2.33. The van der Waals surface area contributed by atoms with Gasteiger partial charge in [-0.2, -0.15) is 0 Å². The molecule has 0 atom stereocenters. The molecule has 7 nitrogen and oxygen atoms in total. The Labute approximate surface area is 209 Å². The van der Waals surface area contributed by atoms with Crippen molar-refractivity contribution in [3.05, 3.63) is 64.3 Å². The van der Waals surface area contributed by atoms with Gasteiger partial charge in [-0.15, -0.1) is 0 Å². The van der Waals surface area contributed by atoms with E-state index in [2.05, 4.69) is 15.2 Å². The fraction of sp³-hybridized carbons (Fsp3) is 0.320. The zero-order valence-corrected chi connectivity index (χ0v) is 20.6. The summed E-state index contributed by atoms with van der Waals surface area (Å²) >= 11 is 12.3. The first-order valence-electron chi connectivity index (χ1n) is 11.0. The zero-order chi connectivity index (χ0) is 24.1. The second kappa shape index (κ2) is 10.9. The van der Waals surface area contributed by atoms with E-state index in [-0.39, 0.29) is 5.91 Å². The molecule has 178 valence electrons. The van der Waals surface area contributed by atoms with Crippen LogP contribution in [0.25, 0.3) is 11.4 Å². The summed E-state index contributed by atoms with van der Waals surface area (Å²) < 4.78 is 10.5.